The second-order valence-electron chi connectivity index (χ2n) is 3.21. The highest BCUT2D eigenvalue weighted by atomic mass is 16.4. The molecule has 1 N–H and O–H groups in total. The summed E-state index contributed by atoms with van der Waals surface area (Å²) in [6, 6.07) is 0. The lowest BCUT2D eigenvalue weighted by Crippen LogP contribution is -2.25. The van der Waals surface area contributed by atoms with E-state index in [4.69, 9.17) is 5.11 Å². The van der Waals surface area contributed by atoms with Crippen LogP contribution in [0.4, 0.5) is 0 Å². The van der Waals surface area contributed by atoms with Gasteiger partial charge in [-0.3, -0.25) is 4.79 Å². The number of hydrogen-bond acceptors (Lipinski definition) is 1. The molecule has 0 aromatic rings. The summed E-state index contributed by atoms with van der Waals surface area (Å²) in [7, 11) is 0. The summed E-state index contributed by atoms with van der Waals surface area (Å²) in [6.45, 7) is 8.90. The van der Waals surface area contributed by atoms with Crippen molar-refractivity contribution in [3.63, 3.8) is 0 Å². The van der Waals surface area contributed by atoms with E-state index >= 15 is 0 Å². The largest absolute Gasteiger partial charge is 0.481 e. The number of carboxylic acid groups (broad SMARTS) is 1. The zero-order valence-electron chi connectivity index (χ0n) is 7.92. The average molecular weight is 168 g/mol. The number of carbonyl (C=O) groups is 1. The van der Waals surface area contributed by atoms with Crippen molar-refractivity contribution in [3.8, 4) is 0 Å². The zero-order valence-corrected chi connectivity index (χ0v) is 7.92. The van der Waals surface area contributed by atoms with Crippen LogP contribution in [0.5, 0.6) is 0 Å². The molecule has 12 heavy (non-hydrogen) atoms. The highest BCUT2D eigenvalue weighted by Gasteiger charge is 2.29. The molecule has 0 rings (SSSR count). The first-order chi connectivity index (χ1) is 5.46. The molecule has 0 saturated heterocycles. The number of carboxylic acids is 1. The first kappa shape index (κ1) is 11.0. The predicted octanol–water partition coefficient (Wildman–Crippen LogP) is 2.62. The minimum atomic E-state index is -0.794. The molecule has 0 saturated carbocycles. The van der Waals surface area contributed by atoms with Gasteiger partial charge in [0.15, 0.2) is 0 Å². The van der Waals surface area contributed by atoms with Crippen molar-refractivity contribution in [3.05, 3.63) is 24.3 Å². The molecule has 0 aliphatic carbocycles. The lowest BCUT2D eigenvalue weighted by molar-refractivity contribution is -0.144. The second kappa shape index (κ2) is 4.10. The van der Waals surface area contributed by atoms with Gasteiger partial charge in [0.2, 0.25) is 0 Å². The van der Waals surface area contributed by atoms with Gasteiger partial charge in [-0.1, -0.05) is 31.2 Å². The van der Waals surface area contributed by atoms with Crippen molar-refractivity contribution >= 4 is 5.97 Å². The molecule has 0 aromatic heterocycles. The fourth-order valence-electron chi connectivity index (χ4n) is 1.05. The Morgan fingerprint density at radius 3 is 2.33 bits per heavy atom. The summed E-state index contributed by atoms with van der Waals surface area (Å²) >= 11 is 0. The van der Waals surface area contributed by atoms with Gasteiger partial charge in [0.05, 0.1) is 5.41 Å². The van der Waals surface area contributed by atoms with Crippen molar-refractivity contribution in [2.75, 3.05) is 0 Å². The second-order valence-corrected chi connectivity index (χ2v) is 3.21. The Bertz CT molecular complexity index is 212. The fraction of sp³-hybridized carbons (Fsp3) is 0.500. The van der Waals surface area contributed by atoms with Gasteiger partial charge in [-0.25, -0.2) is 0 Å². The molecule has 0 atom stereocenters. The zero-order chi connectivity index (χ0) is 9.78. The number of hydrogen-bond donors (Lipinski definition) is 1. The highest BCUT2D eigenvalue weighted by molar-refractivity contribution is 5.77. The van der Waals surface area contributed by atoms with Gasteiger partial charge in [-0.15, -0.1) is 0 Å². The summed E-state index contributed by atoms with van der Waals surface area (Å²) in [5.41, 5.74) is 0.119. The van der Waals surface area contributed by atoms with E-state index in [-0.39, 0.29) is 0 Å². The van der Waals surface area contributed by atoms with Crippen LogP contribution in [0.15, 0.2) is 24.3 Å². The maximum absolute atomic E-state index is 10.8. The first-order valence-corrected chi connectivity index (χ1v) is 4.02. The van der Waals surface area contributed by atoms with E-state index in [1.807, 2.05) is 6.92 Å². The summed E-state index contributed by atoms with van der Waals surface area (Å²) in [5.74, 6) is -0.794. The third-order valence-corrected chi connectivity index (χ3v) is 2.04. The van der Waals surface area contributed by atoms with Crippen LogP contribution < -0.4 is 0 Å². The fourth-order valence-corrected chi connectivity index (χ4v) is 1.05. The minimum Gasteiger partial charge on any atom is -0.481 e. The molecule has 0 aromatic carbocycles. The third-order valence-electron chi connectivity index (χ3n) is 2.04. The molecule has 0 unspecified atom stereocenters. The quantitative estimate of drug-likeness (QED) is 0.655. The van der Waals surface area contributed by atoms with E-state index in [0.29, 0.717) is 0 Å². The SMILES string of the molecule is C=CC=C(CC)C(C)(C)C(=O)O. The van der Waals surface area contributed by atoms with E-state index < -0.39 is 11.4 Å². The topological polar surface area (TPSA) is 37.3 Å². The van der Waals surface area contributed by atoms with Gasteiger partial charge in [-0.05, 0) is 20.3 Å². The van der Waals surface area contributed by atoms with Crippen LogP contribution >= 0.6 is 0 Å². The molecule has 0 aliphatic heterocycles. The Kier molecular flexibility index (Phi) is 3.74. The van der Waals surface area contributed by atoms with Crippen molar-refractivity contribution in [2.24, 2.45) is 5.41 Å². The average Bonchev–Trinajstić information content (AvgIpc) is 1.99. The molecular weight excluding hydrogens is 152 g/mol. The summed E-state index contributed by atoms with van der Waals surface area (Å²) in [4.78, 5) is 10.8. The van der Waals surface area contributed by atoms with Crippen LogP contribution in [0.2, 0.25) is 0 Å². The van der Waals surface area contributed by atoms with Crippen LogP contribution in [-0.4, -0.2) is 11.1 Å². The van der Waals surface area contributed by atoms with E-state index in [1.165, 1.54) is 0 Å². The van der Waals surface area contributed by atoms with Crippen molar-refractivity contribution < 1.29 is 9.90 Å². The van der Waals surface area contributed by atoms with Crippen LogP contribution in [0.25, 0.3) is 0 Å². The molecule has 0 spiro atoms. The molecule has 0 radical (unpaired) electrons. The molecule has 68 valence electrons. The number of rotatable bonds is 4. The number of aliphatic carboxylic acids is 1. The normalized spacial score (nSPS) is 12.8. The Morgan fingerprint density at radius 2 is 2.08 bits per heavy atom. The van der Waals surface area contributed by atoms with Crippen LogP contribution in [0.3, 0.4) is 0 Å². The lowest BCUT2D eigenvalue weighted by Gasteiger charge is -2.21. The van der Waals surface area contributed by atoms with Gasteiger partial charge in [0.1, 0.15) is 0 Å². The molecule has 0 aliphatic rings. The molecule has 2 heteroatoms. The van der Waals surface area contributed by atoms with Gasteiger partial charge in [0.25, 0.3) is 0 Å². The van der Waals surface area contributed by atoms with Crippen LogP contribution in [-0.2, 0) is 4.79 Å². The number of allylic oxidation sites excluding steroid dienone is 2. The van der Waals surface area contributed by atoms with Crippen molar-refractivity contribution in [1.82, 2.24) is 0 Å². The lowest BCUT2D eigenvalue weighted by atomic mass is 9.82. The first-order valence-electron chi connectivity index (χ1n) is 4.02. The van der Waals surface area contributed by atoms with Gasteiger partial charge < -0.3 is 5.11 Å². The maximum Gasteiger partial charge on any atom is 0.313 e. The Labute approximate surface area is 73.6 Å². The Hall–Kier alpha value is -1.05. The molecule has 2 nitrogen and oxygen atoms in total. The van der Waals surface area contributed by atoms with Gasteiger partial charge in [0, 0.05) is 0 Å². The van der Waals surface area contributed by atoms with Gasteiger partial charge in [-0.2, -0.15) is 0 Å². The third kappa shape index (κ3) is 2.22. The van der Waals surface area contributed by atoms with Crippen molar-refractivity contribution in [2.45, 2.75) is 27.2 Å². The van der Waals surface area contributed by atoms with E-state index in [0.717, 1.165) is 12.0 Å². The van der Waals surface area contributed by atoms with E-state index in [2.05, 4.69) is 6.58 Å². The molecule has 0 bridgehead atoms. The smallest absolute Gasteiger partial charge is 0.313 e. The summed E-state index contributed by atoms with van der Waals surface area (Å²) in [6.07, 6.45) is 4.14. The predicted molar refractivity (Wildman–Crippen MR) is 50.0 cm³/mol. The standard InChI is InChI=1S/C10H16O2/c1-5-7-8(6-2)10(3,4)9(11)12/h5,7H,1,6H2,2-4H3,(H,11,12). The Morgan fingerprint density at radius 1 is 1.58 bits per heavy atom. The van der Waals surface area contributed by atoms with Crippen molar-refractivity contribution in [1.29, 1.82) is 0 Å². The monoisotopic (exact) mass is 168 g/mol. The highest BCUT2D eigenvalue weighted by Crippen LogP contribution is 2.28. The van der Waals surface area contributed by atoms with E-state index in [1.54, 1.807) is 26.0 Å². The van der Waals surface area contributed by atoms with E-state index in [9.17, 15) is 4.79 Å². The minimum absolute atomic E-state index is 0.741. The summed E-state index contributed by atoms with van der Waals surface area (Å²) in [5, 5.41) is 8.89. The molecule has 0 heterocycles. The van der Waals surface area contributed by atoms with Gasteiger partial charge >= 0.3 is 5.97 Å². The van der Waals surface area contributed by atoms with Crippen LogP contribution in [0, 0.1) is 5.41 Å². The maximum atomic E-state index is 10.8. The summed E-state index contributed by atoms with van der Waals surface area (Å²) < 4.78 is 0. The molecule has 0 fully saturated rings. The molecular formula is C10H16O2. The van der Waals surface area contributed by atoms with Crippen LogP contribution in [0.1, 0.15) is 27.2 Å². The Balaban J connectivity index is 4.83. The molecule has 0 amide bonds.